The first-order chi connectivity index (χ1) is 8.89. The van der Waals surface area contributed by atoms with Crippen LogP contribution in [0.1, 0.15) is 58.3 Å². The molecule has 112 valence electrons. The largest absolute Gasteiger partial charge is 0.390 e. The van der Waals surface area contributed by atoms with E-state index in [1.165, 1.54) is 19.3 Å². The molecule has 0 radical (unpaired) electrons. The van der Waals surface area contributed by atoms with Crippen molar-refractivity contribution in [2.45, 2.75) is 82.2 Å². The predicted molar refractivity (Wildman–Crippen MR) is 68.1 cm³/mol. The van der Waals surface area contributed by atoms with Crippen LogP contribution in [0.25, 0.3) is 0 Å². The highest BCUT2D eigenvalue weighted by Crippen LogP contribution is 2.38. The molecule has 2 nitrogen and oxygen atoms in total. The summed E-state index contributed by atoms with van der Waals surface area (Å²) in [6.07, 6.45) is 2.62. The number of hydrogen-bond acceptors (Lipinski definition) is 2. The van der Waals surface area contributed by atoms with Crippen molar-refractivity contribution in [3.8, 4) is 0 Å². The van der Waals surface area contributed by atoms with Gasteiger partial charge in [-0.15, -0.1) is 0 Å². The summed E-state index contributed by atoms with van der Waals surface area (Å²) in [6.45, 7) is 2.30. The molecule has 1 aliphatic carbocycles. The van der Waals surface area contributed by atoms with Crippen LogP contribution in [-0.4, -0.2) is 30.5 Å². The number of hydrogen-bond donors (Lipinski definition) is 1. The Morgan fingerprint density at radius 1 is 1.26 bits per heavy atom. The molecule has 2 rings (SSSR count). The molecule has 2 unspecified atom stereocenters. The smallest absolute Gasteiger partial charge is 0.375 e. The van der Waals surface area contributed by atoms with E-state index >= 15 is 0 Å². The third kappa shape index (κ3) is 4.63. The summed E-state index contributed by atoms with van der Waals surface area (Å²) in [5.41, 5.74) is -0.0495. The maximum atomic E-state index is 12.3. The zero-order valence-corrected chi connectivity index (χ0v) is 11.6. The van der Waals surface area contributed by atoms with Crippen LogP contribution in [0.5, 0.6) is 0 Å². The topological polar surface area (TPSA) is 21.3 Å². The van der Waals surface area contributed by atoms with Crippen molar-refractivity contribution < 1.29 is 17.9 Å². The van der Waals surface area contributed by atoms with E-state index in [0.29, 0.717) is 6.61 Å². The summed E-state index contributed by atoms with van der Waals surface area (Å²) in [4.78, 5) is 0. The molecule has 2 aliphatic rings. The molecule has 1 aliphatic heterocycles. The van der Waals surface area contributed by atoms with Crippen molar-refractivity contribution in [2.75, 3.05) is 6.61 Å². The van der Waals surface area contributed by atoms with E-state index < -0.39 is 18.6 Å². The fourth-order valence-electron chi connectivity index (χ4n) is 3.52. The molecule has 1 N–H and O–H groups in total. The van der Waals surface area contributed by atoms with E-state index in [2.05, 4.69) is 5.32 Å². The van der Waals surface area contributed by atoms with E-state index in [1.54, 1.807) is 6.92 Å². The van der Waals surface area contributed by atoms with Gasteiger partial charge in [-0.3, -0.25) is 0 Å². The van der Waals surface area contributed by atoms with E-state index in [1.807, 2.05) is 0 Å². The lowest BCUT2D eigenvalue weighted by atomic mass is 9.78. The fraction of sp³-hybridized carbons (Fsp3) is 1.00. The summed E-state index contributed by atoms with van der Waals surface area (Å²) >= 11 is 0. The highest BCUT2D eigenvalue weighted by molar-refractivity contribution is 4.92. The van der Waals surface area contributed by atoms with Gasteiger partial charge in [-0.1, -0.05) is 19.3 Å². The molecule has 19 heavy (non-hydrogen) atoms. The van der Waals surface area contributed by atoms with Crippen LogP contribution in [-0.2, 0) is 4.74 Å². The molecule has 0 bridgehead atoms. The minimum absolute atomic E-state index is 0.0495. The molecule has 2 fully saturated rings. The first kappa shape index (κ1) is 15.1. The number of nitrogens with one attached hydrogen (secondary N) is 1. The van der Waals surface area contributed by atoms with Gasteiger partial charge < -0.3 is 10.1 Å². The van der Waals surface area contributed by atoms with Crippen molar-refractivity contribution in [3.05, 3.63) is 0 Å². The zero-order chi connectivity index (χ0) is 13.9. The second-order valence-corrected chi connectivity index (χ2v) is 6.17. The van der Waals surface area contributed by atoms with Gasteiger partial charge in [-0.05, 0) is 32.6 Å². The van der Waals surface area contributed by atoms with Gasteiger partial charge in [-0.2, -0.15) is 13.2 Å². The molecule has 0 aromatic heterocycles. The van der Waals surface area contributed by atoms with Crippen molar-refractivity contribution in [3.63, 3.8) is 0 Å². The molecular weight excluding hydrogens is 255 g/mol. The molecule has 2 atom stereocenters. The molecular formula is C14H24F3NO. The van der Waals surface area contributed by atoms with Crippen molar-refractivity contribution >= 4 is 0 Å². The number of alkyl halides is 3. The third-order valence-corrected chi connectivity index (χ3v) is 4.32. The van der Waals surface area contributed by atoms with Crippen molar-refractivity contribution in [2.24, 2.45) is 0 Å². The Balaban J connectivity index is 1.83. The standard InChI is InChI=1S/C14H24F3NO/c1-11(9-14(15,16)17)18-12-5-8-19-13(10-12)6-3-2-4-7-13/h11-12,18H,2-10H2,1H3. The summed E-state index contributed by atoms with van der Waals surface area (Å²) < 4.78 is 43.0. The van der Waals surface area contributed by atoms with Gasteiger partial charge in [0.2, 0.25) is 0 Å². The maximum absolute atomic E-state index is 12.3. The SMILES string of the molecule is CC(CC(F)(F)F)NC1CCOC2(CCCCC2)C1. The van der Waals surface area contributed by atoms with Crippen LogP contribution in [0.15, 0.2) is 0 Å². The molecule has 1 heterocycles. The Labute approximate surface area is 113 Å². The monoisotopic (exact) mass is 279 g/mol. The van der Waals surface area contributed by atoms with E-state index in [0.717, 1.165) is 25.7 Å². The highest BCUT2D eigenvalue weighted by atomic mass is 19.4. The first-order valence-electron chi connectivity index (χ1n) is 7.35. The van der Waals surface area contributed by atoms with Crippen molar-refractivity contribution in [1.82, 2.24) is 5.32 Å². The van der Waals surface area contributed by atoms with Crippen LogP contribution in [0.3, 0.4) is 0 Å². The number of ether oxygens (including phenoxy) is 1. The van der Waals surface area contributed by atoms with E-state index in [-0.39, 0.29) is 11.6 Å². The average molecular weight is 279 g/mol. The van der Waals surface area contributed by atoms with Gasteiger partial charge in [0.05, 0.1) is 12.0 Å². The lowest BCUT2D eigenvalue weighted by molar-refractivity contribution is -0.142. The quantitative estimate of drug-likeness (QED) is 0.848. The molecule has 1 spiro atoms. The average Bonchev–Trinajstić information content (AvgIpc) is 2.27. The van der Waals surface area contributed by atoms with Crippen LogP contribution in [0, 0.1) is 0 Å². The highest BCUT2D eigenvalue weighted by Gasteiger charge is 2.39. The number of rotatable bonds is 3. The van der Waals surface area contributed by atoms with Crippen LogP contribution < -0.4 is 5.32 Å². The lowest BCUT2D eigenvalue weighted by Gasteiger charge is -2.44. The lowest BCUT2D eigenvalue weighted by Crippen LogP contribution is -2.50. The Morgan fingerprint density at radius 2 is 1.95 bits per heavy atom. The summed E-state index contributed by atoms with van der Waals surface area (Å²) in [5, 5.41) is 3.15. The minimum Gasteiger partial charge on any atom is -0.375 e. The molecule has 0 aromatic rings. The Kier molecular flexibility index (Phi) is 4.77. The fourth-order valence-corrected chi connectivity index (χ4v) is 3.52. The zero-order valence-electron chi connectivity index (χ0n) is 11.6. The van der Waals surface area contributed by atoms with Gasteiger partial charge in [0, 0.05) is 18.7 Å². The van der Waals surface area contributed by atoms with Crippen LogP contribution in [0.4, 0.5) is 13.2 Å². The molecule has 5 heteroatoms. The van der Waals surface area contributed by atoms with Gasteiger partial charge in [-0.25, -0.2) is 0 Å². The Hall–Kier alpha value is -0.290. The molecule has 0 amide bonds. The van der Waals surface area contributed by atoms with E-state index in [9.17, 15) is 13.2 Å². The van der Waals surface area contributed by atoms with Gasteiger partial charge in [0.25, 0.3) is 0 Å². The number of halogens is 3. The Morgan fingerprint density at radius 3 is 2.58 bits per heavy atom. The van der Waals surface area contributed by atoms with Gasteiger partial charge in [0.15, 0.2) is 0 Å². The molecule has 1 saturated carbocycles. The normalized spacial score (nSPS) is 29.4. The predicted octanol–water partition coefficient (Wildman–Crippen LogP) is 3.80. The van der Waals surface area contributed by atoms with Gasteiger partial charge >= 0.3 is 6.18 Å². The van der Waals surface area contributed by atoms with Crippen LogP contribution >= 0.6 is 0 Å². The Bertz CT molecular complexity index is 281. The second kappa shape index (κ2) is 6.00. The van der Waals surface area contributed by atoms with Gasteiger partial charge in [0.1, 0.15) is 0 Å². The molecule has 0 aromatic carbocycles. The first-order valence-corrected chi connectivity index (χ1v) is 7.35. The van der Waals surface area contributed by atoms with E-state index in [4.69, 9.17) is 4.74 Å². The third-order valence-electron chi connectivity index (χ3n) is 4.32. The maximum Gasteiger partial charge on any atom is 0.390 e. The van der Waals surface area contributed by atoms with Crippen LogP contribution in [0.2, 0.25) is 0 Å². The van der Waals surface area contributed by atoms with Crippen molar-refractivity contribution in [1.29, 1.82) is 0 Å². The molecule has 1 saturated heterocycles. The summed E-state index contributed by atoms with van der Waals surface area (Å²) in [5.74, 6) is 0. The summed E-state index contributed by atoms with van der Waals surface area (Å²) in [6, 6.07) is -0.340. The summed E-state index contributed by atoms with van der Waals surface area (Å²) in [7, 11) is 0. The minimum atomic E-state index is -4.08. The second-order valence-electron chi connectivity index (χ2n) is 6.17.